The molecule has 2 fully saturated rings. The van der Waals surface area contributed by atoms with Crippen LogP contribution in [-0.4, -0.2) is 49.1 Å². The fraction of sp³-hybridized carbons (Fsp3) is 0.412. The zero-order chi connectivity index (χ0) is 17.4. The van der Waals surface area contributed by atoms with Crippen LogP contribution in [0.4, 0.5) is 5.82 Å². The van der Waals surface area contributed by atoms with Gasteiger partial charge in [0.05, 0.1) is 10.6 Å². The molecule has 0 radical (unpaired) electrons. The molecular weight excluding hydrogens is 360 g/mol. The van der Waals surface area contributed by atoms with E-state index in [4.69, 9.17) is 11.6 Å². The van der Waals surface area contributed by atoms with Crippen molar-refractivity contribution in [1.29, 1.82) is 0 Å². The van der Waals surface area contributed by atoms with Gasteiger partial charge in [0, 0.05) is 37.1 Å². The van der Waals surface area contributed by atoms with Crippen LogP contribution in [-0.2, 0) is 10.0 Å². The lowest BCUT2D eigenvalue weighted by Crippen LogP contribution is -2.49. The number of aromatic nitrogens is 2. The molecule has 0 bridgehead atoms. The van der Waals surface area contributed by atoms with E-state index in [1.807, 2.05) is 12.1 Å². The highest BCUT2D eigenvalue weighted by Crippen LogP contribution is 2.38. The Balaban J connectivity index is 1.42. The maximum Gasteiger partial charge on any atom is 0.243 e. The summed E-state index contributed by atoms with van der Waals surface area (Å²) in [5, 5.41) is 9.14. The lowest BCUT2D eigenvalue weighted by Gasteiger charge is -2.34. The minimum atomic E-state index is -3.48. The van der Waals surface area contributed by atoms with E-state index in [2.05, 4.69) is 15.1 Å². The number of sulfonamides is 1. The van der Waals surface area contributed by atoms with Gasteiger partial charge in [0.1, 0.15) is 0 Å². The van der Waals surface area contributed by atoms with E-state index in [9.17, 15) is 8.42 Å². The van der Waals surface area contributed by atoms with E-state index < -0.39 is 10.0 Å². The summed E-state index contributed by atoms with van der Waals surface area (Å²) in [6.07, 6.45) is 2.41. The predicted octanol–water partition coefficient (Wildman–Crippen LogP) is 2.52. The molecule has 1 aliphatic heterocycles. The lowest BCUT2D eigenvalue weighted by molar-refractivity contribution is 0.383. The summed E-state index contributed by atoms with van der Waals surface area (Å²) in [7, 11) is -3.48. The molecule has 1 aliphatic carbocycles. The van der Waals surface area contributed by atoms with Crippen molar-refractivity contribution in [2.75, 3.05) is 31.1 Å². The number of halogens is 1. The van der Waals surface area contributed by atoms with Gasteiger partial charge in [-0.3, -0.25) is 0 Å². The zero-order valence-corrected chi connectivity index (χ0v) is 15.2. The lowest BCUT2D eigenvalue weighted by atomic mass is 10.2. The van der Waals surface area contributed by atoms with E-state index in [0.717, 1.165) is 11.5 Å². The molecule has 2 aliphatic rings. The Morgan fingerprint density at radius 3 is 2.16 bits per heavy atom. The fourth-order valence-corrected chi connectivity index (χ4v) is 4.56. The Hall–Kier alpha value is -1.70. The van der Waals surface area contributed by atoms with Crippen molar-refractivity contribution in [3.05, 3.63) is 47.1 Å². The summed E-state index contributed by atoms with van der Waals surface area (Å²) in [6.45, 7) is 2.06. The molecular formula is C17H19ClN4O2S. The fourth-order valence-electron chi connectivity index (χ4n) is 3.01. The largest absolute Gasteiger partial charge is 0.352 e. The number of rotatable bonds is 4. The normalized spacial score (nSPS) is 19.2. The number of benzene rings is 1. The molecule has 0 N–H and O–H groups in total. The van der Waals surface area contributed by atoms with E-state index in [1.165, 1.54) is 17.1 Å². The third-order valence-electron chi connectivity index (χ3n) is 4.68. The van der Waals surface area contributed by atoms with Crippen LogP contribution in [0, 0.1) is 0 Å². The second-order valence-electron chi connectivity index (χ2n) is 6.44. The Labute approximate surface area is 152 Å². The van der Waals surface area contributed by atoms with Gasteiger partial charge in [-0.1, -0.05) is 11.6 Å². The van der Waals surface area contributed by atoms with Crippen LogP contribution in [0.2, 0.25) is 5.02 Å². The smallest absolute Gasteiger partial charge is 0.243 e. The maximum atomic E-state index is 12.7. The number of hydrogen-bond acceptors (Lipinski definition) is 5. The van der Waals surface area contributed by atoms with Crippen LogP contribution in [0.15, 0.2) is 41.3 Å². The molecule has 25 heavy (non-hydrogen) atoms. The van der Waals surface area contributed by atoms with Crippen molar-refractivity contribution in [1.82, 2.24) is 14.5 Å². The first kappa shape index (κ1) is 16.8. The van der Waals surface area contributed by atoms with Gasteiger partial charge in [-0.2, -0.15) is 9.40 Å². The van der Waals surface area contributed by atoms with Gasteiger partial charge in [-0.15, -0.1) is 5.10 Å². The summed E-state index contributed by atoms with van der Waals surface area (Å²) >= 11 is 5.84. The molecule has 2 heterocycles. The summed E-state index contributed by atoms with van der Waals surface area (Å²) in [4.78, 5) is 2.36. The Bertz CT molecular complexity index is 843. The van der Waals surface area contributed by atoms with E-state index in [1.54, 1.807) is 24.3 Å². The molecule has 132 valence electrons. The minimum Gasteiger partial charge on any atom is -0.352 e. The Morgan fingerprint density at radius 1 is 0.920 bits per heavy atom. The number of nitrogens with zero attached hydrogens (tertiary/aromatic N) is 4. The number of piperazine rings is 1. The van der Waals surface area contributed by atoms with Crippen molar-refractivity contribution < 1.29 is 8.42 Å². The van der Waals surface area contributed by atoms with Crippen molar-refractivity contribution in [3.63, 3.8) is 0 Å². The molecule has 1 saturated carbocycles. The standard InChI is InChI=1S/C17H19ClN4O2S/c18-14-3-5-15(6-4-14)25(23,24)22-11-9-21(10-12-22)17-8-7-16(19-20-17)13-1-2-13/h3-8,13H,1-2,9-12H2. The predicted molar refractivity (Wildman–Crippen MR) is 96.4 cm³/mol. The number of hydrogen-bond donors (Lipinski definition) is 0. The summed E-state index contributed by atoms with van der Waals surface area (Å²) in [6, 6.07) is 10.3. The third kappa shape index (κ3) is 3.49. The van der Waals surface area contributed by atoms with Crippen molar-refractivity contribution in [2.45, 2.75) is 23.7 Å². The van der Waals surface area contributed by atoms with E-state index in [0.29, 0.717) is 37.1 Å². The van der Waals surface area contributed by atoms with Crippen LogP contribution in [0.25, 0.3) is 0 Å². The molecule has 0 amide bonds. The van der Waals surface area contributed by atoms with Gasteiger partial charge in [0.25, 0.3) is 0 Å². The van der Waals surface area contributed by atoms with Crippen molar-refractivity contribution in [3.8, 4) is 0 Å². The second kappa shape index (κ2) is 6.55. The SMILES string of the molecule is O=S(=O)(c1ccc(Cl)cc1)N1CCN(c2ccc(C3CC3)nn2)CC1. The number of anilines is 1. The quantitative estimate of drug-likeness (QED) is 0.817. The average Bonchev–Trinajstić information content (AvgIpc) is 3.48. The van der Waals surface area contributed by atoms with Gasteiger partial charge in [-0.25, -0.2) is 8.42 Å². The molecule has 4 rings (SSSR count). The van der Waals surface area contributed by atoms with Crippen LogP contribution >= 0.6 is 11.6 Å². The zero-order valence-electron chi connectivity index (χ0n) is 13.7. The molecule has 8 heteroatoms. The first-order valence-electron chi connectivity index (χ1n) is 8.38. The second-order valence-corrected chi connectivity index (χ2v) is 8.81. The average molecular weight is 379 g/mol. The molecule has 6 nitrogen and oxygen atoms in total. The van der Waals surface area contributed by atoms with E-state index in [-0.39, 0.29) is 4.90 Å². The van der Waals surface area contributed by atoms with E-state index >= 15 is 0 Å². The molecule has 1 aromatic carbocycles. The minimum absolute atomic E-state index is 0.277. The van der Waals surface area contributed by atoms with Gasteiger partial charge >= 0.3 is 0 Å². The summed E-state index contributed by atoms with van der Waals surface area (Å²) in [5.41, 5.74) is 1.06. The van der Waals surface area contributed by atoms with Gasteiger partial charge in [0.2, 0.25) is 10.0 Å². The first-order chi connectivity index (χ1) is 12.0. The molecule has 0 spiro atoms. The van der Waals surface area contributed by atoms with Crippen molar-refractivity contribution >= 4 is 27.4 Å². The Kier molecular flexibility index (Phi) is 4.39. The van der Waals surface area contributed by atoms with Gasteiger partial charge in [-0.05, 0) is 49.2 Å². The van der Waals surface area contributed by atoms with Crippen LogP contribution in [0.3, 0.4) is 0 Å². The van der Waals surface area contributed by atoms with Gasteiger partial charge < -0.3 is 4.90 Å². The van der Waals surface area contributed by atoms with Crippen LogP contribution in [0.5, 0.6) is 0 Å². The van der Waals surface area contributed by atoms with Crippen molar-refractivity contribution in [2.24, 2.45) is 0 Å². The van der Waals surface area contributed by atoms with Crippen LogP contribution in [0.1, 0.15) is 24.5 Å². The highest BCUT2D eigenvalue weighted by atomic mass is 35.5. The van der Waals surface area contributed by atoms with Crippen LogP contribution < -0.4 is 4.90 Å². The summed E-state index contributed by atoms with van der Waals surface area (Å²) in [5.74, 6) is 1.40. The molecule has 0 unspecified atom stereocenters. The Morgan fingerprint density at radius 2 is 1.60 bits per heavy atom. The van der Waals surface area contributed by atoms with Gasteiger partial charge in [0.15, 0.2) is 5.82 Å². The monoisotopic (exact) mass is 378 g/mol. The molecule has 2 aromatic rings. The first-order valence-corrected chi connectivity index (χ1v) is 10.2. The third-order valence-corrected chi connectivity index (χ3v) is 6.85. The topological polar surface area (TPSA) is 66.4 Å². The highest BCUT2D eigenvalue weighted by Gasteiger charge is 2.29. The maximum absolute atomic E-state index is 12.7. The highest BCUT2D eigenvalue weighted by molar-refractivity contribution is 7.89. The molecule has 1 aromatic heterocycles. The molecule has 0 atom stereocenters. The molecule has 1 saturated heterocycles. The summed E-state index contributed by atoms with van der Waals surface area (Å²) < 4.78 is 26.9.